The van der Waals surface area contributed by atoms with Crippen molar-refractivity contribution in [2.75, 3.05) is 13.1 Å². The Morgan fingerprint density at radius 3 is 3.04 bits per heavy atom. The van der Waals surface area contributed by atoms with E-state index in [2.05, 4.69) is 16.8 Å². The second kappa shape index (κ2) is 6.71. The molecule has 2 aromatic rings. The largest absolute Gasteiger partial charge is 0.356 e. The number of halogens is 1. The van der Waals surface area contributed by atoms with E-state index in [4.69, 9.17) is 5.73 Å². The Hall–Kier alpha value is -1.88. The molecule has 0 saturated heterocycles. The molecule has 0 fully saturated rings. The Morgan fingerprint density at radius 1 is 1.48 bits per heavy atom. The first-order valence-corrected chi connectivity index (χ1v) is 8.43. The molecule has 1 aliphatic rings. The first-order valence-electron chi connectivity index (χ1n) is 8.43. The van der Waals surface area contributed by atoms with Crippen LogP contribution in [0.1, 0.15) is 31.0 Å². The maximum Gasteiger partial charge on any atom is 0.223 e. The lowest BCUT2D eigenvalue weighted by Gasteiger charge is -2.23. The maximum absolute atomic E-state index is 13.7. The van der Waals surface area contributed by atoms with Gasteiger partial charge in [-0.15, -0.1) is 0 Å². The summed E-state index contributed by atoms with van der Waals surface area (Å²) >= 11 is 0. The summed E-state index contributed by atoms with van der Waals surface area (Å²) in [4.78, 5) is 12.3. The summed E-state index contributed by atoms with van der Waals surface area (Å²) < 4.78 is 15.9. The highest BCUT2D eigenvalue weighted by Crippen LogP contribution is 2.34. The Balaban J connectivity index is 1.89. The molecule has 0 bridgehead atoms. The number of carbonyl (C=O) groups is 1. The van der Waals surface area contributed by atoms with E-state index < -0.39 is 0 Å². The third-order valence-corrected chi connectivity index (χ3v) is 4.80. The van der Waals surface area contributed by atoms with Crippen molar-refractivity contribution in [1.82, 2.24) is 9.88 Å². The van der Waals surface area contributed by atoms with E-state index >= 15 is 0 Å². The Labute approximate surface area is 135 Å². The quantitative estimate of drug-likeness (QED) is 0.832. The highest BCUT2D eigenvalue weighted by Gasteiger charge is 2.29. The zero-order valence-corrected chi connectivity index (χ0v) is 13.6. The first-order chi connectivity index (χ1) is 11.2. The van der Waals surface area contributed by atoms with Crippen LogP contribution < -0.4 is 11.1 Å². The summed E-state index contributed by atoms with van der Waals surface area (Å²) in [5.41, 5.74) is 8.94. The number of amides is 1. The lowest BCUT2D eigenvalue weighted by atomic mass is 9.85. The van der Waals surface area contributed by atoms with Crippen LogP contribution in [0.3, 0.4) is 0 Å². The van der Waals surface area contributed by atoms with Crippen LogP contribution in [0.5, 0.6) is 0 Å². The molecule has 3 rings (SSSR count). The SMILES string of the molecule is CCn1c2c(c3cc(F)ccc31)CC(C(=O)NCCCN)CC2. The van der Waals surface area contributed by atoms with Crippen molar-refractivity contribution < 1.29 is 9.18 Å². The molecule has 1 aliphatic carbocycles. The number of nitrogens with two attached hydrogens (primary N) is 1. The van der Waals surface area contributed by atoms with Crippen molar-refractivity contribution in [2.45, 2.75) is 39.2 Å². The van der Waals surface area contributed by atoms with Crippen LogP contribution in [0.15, 0.2) is 18.2 Å². The van der Waals surface area contributed by atoms with Crippen LogP contribution >= 0.6 is 0 Å². The van der Waals surface area contributed by atoms with Crippen LogP contribution in [-0.4, -0.2) is 23.6 Å². The third-order valence-electron chi connectivity index (χ3n) is 4.80. The molecule has 3 N–H and O–H groups in total. The Kier molecular flexibility index (Phi) is 4.66. The van der Waals surface area contributed by atoms with Crippen LogP contribution in [0.2, 0.25) is 0 Å². The molecule has 0 saturated carbocycles. The zero-order valence-electron chi connectivity index (χ0n) is 13.6. The molecule has 23 heavy (non-hydrogen) atoms. The van der Waals surface area contributed by atoms with E-state index in [1.807, 2.05) is 6.07 Å². The van der Waals surface area contributed by atoms with Gasteiger partial charge in [-0.3, -0.25) is 4.79 Å². The number of benzene rings is 1. The minimum atomic E-state index is -0.219. The summed E-state index contributed by atoms with van der Waals surface area (Å²) in [7, 11) is 0. The summed E-state index contributed by atoms with van der Waals surface area (Å²) in [6.45, 7) is 4.18. The molecule has 1 aromatic heterocycles. The number of hydrogen-bond donors (Lipinski definition) is 2. The van der Waals surface area contributed by atoms with Gasteiger partial charge in [0.15, 0.2) is 0 Å². The van der Waals surface area contributed by atoms with Gasteiger partial charge >= 0.3 is 0 Å². The second-order valence-electron chi connectivity index (χ2n) is 6.20. The lowest BCUT2D eigenvalue weighted by Crippen LogP contribution is -2.35. The van der Waals surface area contributed by atoms with Crippen molar-refractivity contribution >= 4 is 16.8 Å². The van der Waals surface area contributed by atoms with Gasteiger partial charge < -0.3 is 15.6 Å². The third kappa shape index (κ3) is 2.98. The molecule has 4 nitrogen and oxygen atoms in total. The van der Waals surface area contributed by atoms with Gasteiger partial charge in [-0.25, -0.2) is 4.39 Å². The molecule has 1 atom stereocenters. The summed E-state index contributed by atoms with van der Waals surface area (Å²) in [5, 5.41) is 3.92. The number of aromatic nitrogens is 1. The maximum atomic E-state index is 13.7. The molecule has 1 unspecified atom stereocenters. The minimum Gasteiger partial charge on any atom is -0.356 e. The van der Waals surface area contributed by atoms with Gasteiger partial charge in [-0.1, -0.05) is 0 Å². The van der Waals surface area contributed by atoms with Crippen LogP contribution in [0.4, 0.5) is 4.39 Å². The average molecular weight is 317 g/mol. The van der Waals surface area contributed by atoms with E-state index in [1.165, 1.54) is 11.8 Å². The van der Waals surface area contributed by atoms with Crippen molar-refractivity contribution in [2.24, 2.45) is 11.7 Å². The van der Waals surface area contributed by atoms with Crippen LogP contribution in [-0.2, 0) is 24.2 Å². The van der Waals surface area contributed by atoms with Crippen molar-refractivity contribution in [3.05, 3.63) is 35.3 Å². The van der Waals surface area contributed by atoms with Crippen molar-refractivity contribution in [1.29, 1.82) is 0 Å². The van der Waals surface area contributed by atoms with E-state index in [-0.39, 0.29) is 17.6 Å². The molecule has 1 aromatic carbocycles. The van der Waals surface area contributed by atoms with Gasteiger partial charge in [0.25, 0.3) is 0 Å². The highest BCUT2D eigenvalue weighted by molar-refractivity contribution is 5.87. The van der Waals surface area contributed by atoms with Gasteiger partial charge in [-0.05, 0) is 62.9 Å². The number of rotatable bonds is 5. The van der Waals surface area contributed by atoms with Crippen LogP contribution in [0.25, 0.3) is 10.9 Å². The van der Waals surface area contributed by atoms with Gasteiger partial charge in [0.2, 0.25) is 5.91 Å². The number of nitrogens with zero attached hydrogens (tertiary/aromatic N) is 1. The monoisotopic (exact) mass is 317 g/mol. The smallest absolute Gasteiger partial charge is 0.223 e. The standard InChI is InChI=1S/C18H24FN3O/c1-2-22-16-6-4-12(18(23)21-9-3-8-20)10-14(16)15-11-13(19)5-7-17(15)22/h5,7,11-12H,2-4,6,8-10,20H2,1H3,(H,21,23). The van der Waals surface area contributed by atoms with E-state index in [1.54, 1.807) is 6.07 Å². The van der Waals surface area contributed by atoms with Crippen LogP contribution in [0, 0.1) is 11.7 Å². The topological polar surface area (TPSA) is 60.0 Å². The van der Waals surface area contributed by atoms with Gasteiger partial charge in [0.05, 0.1) is 0 Å². The number of fused-ring (bicyclic) bond motifs is 3. The molecule has 124 valence electrons. The molecule has 1 heterocycles. The Bertz CT molecular complexity index is 723. The van der Waals surface area contributed by atoms with E-state index in [9.17, 15) is 9.18 Å². The number of aryl methyl sites for hydroxylation is 1. The first kappa shape index (κ1) is 16.0. The van der Waals surface area contributed by atoms with Gasteiger partial charge in [0.1, 0.15) is 5.82 Å². The fourth-order valence-corrected chi connectivity index (χ4v) is 3.67. The molecule has 0 spiro atoms. The summed E-state index contributed by atoms with van der Waals surface area (Å²) in [6, 6.07) is 4.97. The fraction of sp³-hybridized carbons (Fsp3) is 0.500. The summed E-state index contributed by atoms with van der Waals surface area (Å²) in [5.74, 6) is -0.152. The van der Waals surface area contributed by atoms with Crippen molar-refractivity contribution in [3.8, 4) is 0 Å². The molecule has 0 aliphatic heterocycles. The van der Waals surface area contributed by atoms with Gasteiger partial charge in [-0.2, -0.15) is 0 Å². The molecule has 5 heteroatoms. The molecule has 0 radical (unpaired) electrons. The molecular formula is C18H24FN3O. The molecular weight excluding hydrogens is 293 g/mol. The highest BCUT2D eigenvalue weighted by atomic mass is 19.1. The van der Waals surface area contributed by atoms with E-state index in [0.717, 1.165) is 42.3 Å². The average Bonchev–Trinajstić information content (AvgIpc) is 2.87. The summed E-state index contributed by atoms with van der Waals surface area (Å²) in [6.07, 6.45) is 3.20. The fourth-order valence-electron chi connectivity index (χ4n) is 3.67. The van der Waals surface area contributed by atoms with E-state index in [0.29, 0.717) is 19.5 Å². The zero-order chi connectivity index (χ0) is 16.4. The minimum absolute atomic E-state index is 0.0283. The predicted octanol–water partition coefficient (Wildman–Crippen LogP) is 2.37. The second-order valence-corrected chi connectivity index (χ2v) is 6.20. The lowest BCUT2D eigenvalue weighted by molar-refractivity contribution is -0.125. The Morgan fingerprint density at radius 2 is 2.30 bits per heavy atom. The van der Waals surface area contributed by atoms with Crippen molar-refractivity contribution in [3.63, 3.8) is 0 Å². The number of hydrogen-bond acceptors (Lipinski definition) is 2. The normalized spacial score (nSPS) is 17.3. The number of carbonyl (C=O) groups excluding carboxylic acids is 1. The van der Waals surface area contributed by atoms with Gasteiger partial charge in [0, 0.05) is 35.6 Å². The predicted molar refractivity (Wildman–Crippen MR) is 89.8 cm³/mol. The molecule has 1 amide bonds. The number of nitrogens with one attached hydrogen (secondary N) is 1.